The second kappa shape index (κ2) is 8.26. The fourth-order valence-electron chi connectivity index (χ4n) is 2.13. The van der Waals surface area contributed by atoms with Crippen LogP contribution in [0.1, 0.15) is 17.3 Å². The Morgan fingerprint density at radius 2 is 1.88 bits per heavy atom. The minimum atomic E-state index is -3.93. The highest BCUT2D eigenvalue weighted by molar-refractivity contribution is 7.89. The van der Waals surface area contributed by atoms with Crippen molar-refractivity contribution in [3.8, 4) is 5.75 Å². The van der Waals surface area contributed by atoms with E-state index < -0.39 is 27.8 Å². The predicted octanol–water partition coefficient (Wildman–Crippen LogP) is 1.75. The minimum Gasteiger partial charge on any atom is -0.496 e. The van der Waals surface area contributed by atoms with Crippen molar-refractivity contribution in [2.45, 2.75) is 17.9 Å². The van der Waals surface area contributed by atoms with E-state index in [1.165, 1.54) is 56.5 Å². The number of nitrogens with one attached hydrogen (secondary N) is 2. The third-order valence-electron chi connectivity index (χ3n) is 3.46. The van der Waals surface area contributed by atoms with Crippen molar-refractivity contribution in [1.82, 2.24) is 4.72 Å². The Hall–Kier alpha value is -2.49. The fourth-order valence-corrected chi connectivity index (χ4v) is 3.39. The van der Waals surface area contributed by atoms with Crippen LogP contribution < -0.4 is 14.8 Å². The SMILES string of the molecule is COc1ccc(S(=O)(=O)N[C@@H](C)CO)cc1C(=O)Nc1ccc(F)cc1. The summed E-state index contributed by atoms with van der Waals surface area (Å²) in [5.74, 6) is -0.878. The molecule has 0 aromatic heterocycles. The maximum absolute atomic E-state index is 13.0. The summed E-state index contributed by atoms with van der Waals surface area (Å²) in [6, 6.07) is 8.28. The lowest BCUT2D eigenvalue weighted by atomic mass is 10.2. The maximum atomic E-state index is 13.0. The number of hydrogen-bond acceptors (Lipinski definition) is 5. The van der Waals surface area contributed by atoms with Gasteiger partial charge in [0.1, 0.15) is 11.6 Å². The van der Waals surface area contributed by atoms with Gasteiger partial charge in [0.15, 0.2) is 0 Å². The molecule has 2 aromatic rings. The minimum absolute atomic E-state index is 0.00338. The van der Waals surface area contributed by atoms with Crippen molar-refractivity contribution in [3.05, 3.63) is 53.8 Å². The lowest BCUT2D eigenvalue weighted by Crippen LogP contribution is -2.35. The van der Waals surface area contributed by atoms with E-state index in [2.05, 4.69) is 10.0 Å². The van der Waals surface area contributed by atoms with Crippen molar-refractivity contribution in [2.75, 3.05) is 19.0 Å². The first-order valence-electron chi connectivity index (χ1n) is 7.65. The first-order chi connectivity index (χ1) is 12.3. The summed E-state index contributed by atoms with van der Waals surface area (Å²) >= 11 is 0. The molecule has 0 aliphatic heterocycles. The molecule has 0 saturated carbocycles. The van der Waals surface area contributed by atoms with E-state index in [1.54, 1.807) is 0 Å². The van der Waals surface area contributed by atoms with Gasteiger partial charge in [0.05, 0.1) is 24.2 Å². The Balaban J connectivity index is 2.34. The van der Waals surface area contributed by atoms with Gasteiger partial charge in [0.25, 0.3) is 5.91 Å². The Morgan fingerprint density at radius 1 is 1.23 bits per heavy atom. The number of anilines is 1. The number of carbonyl (C=O) groups is 1. The number of halogens is 1. The van der Waals surface area contributed by atoms with Crippen LogP contribution in [0.2, 0.25) is 0 Å². The van der Waals surface area contributed by atoms with Crippen LogP contribution in [-0.2, 0) is 10.0 Å². The predicted molar refractivity (Wildman–Crippen MR) is 94.2 cm³/mol. The lowest BCUT2D eigenvalue weighted by molar-refractivity contribution is 0.102. The molecular weight excluding hydrogens is 363 g/mol. The summed E-state index contributed by atoms with van der Waals surface area (Å²) in [7, 11) is -2.57. The Morgan fingerprint density at radius 3 is 2.46 bits per heavy atom. The van der Waals surface area contributed by atoms with Gasteiger partial charge in [-0.25, -0.2) is 17.5 Å². The average molecular weight is 382 g/mol. The summed E-state index contributed by atoms with van der Waals surface area (Å²) in [6.45, 7) is 1.14. The zero-order valence-electron chi connectivity index (χ0n) is 14.2. The zero-order valence-corrected chi connectivity index (χ0v) is 15.0. The van der Waals surface area contributed by atoms with Gasteiger partial charge in [-0.2, -0.15) is 0 Å². The highest BCUT2D eigenvalue weighted by atomic mass is 32.2. The van der Waals surface area contributed by atoms with E-state index in [9.17, 15) is 17.6 Å². The normalized spacial score (nSPS) is 12.5. The molecule has 0 fully saturated rings. The standard InChI is InChI=1S/C17H19FN2O5S/c1-11(10-21)20-26(23,24)14-7-8-16(25-2)15(9-14)17(22)19-13-5-3-12(18)4-6-13/h3-9,11,20-21H,10H2,1-2H3,(H,19,22)/t11-/m0/s1. The second-order valence-corrected chi connectivity index (χ2v) is 7.24. The van der Waals surface area contributed by atoms with Crippen LogP contribution in [0.15, 0.2) is 47.4 Å². The Kier molecular flexibility index (Phi) is 6.30. The van der Waals surface area contributed by atoms with Crippen LogP contribution in [0.3, 0.4) is 0 Å². The van der Waals surface area contributed by atoms with E-state index in [0.717, 1.165) is 0 Å². The molecule has 0 unspecified atom stereocenters. The third kappa shape index (κ3) is 4.78. The van der Waals surface area contributed by atoms with Crippen molar-refractivity contribution < 1.29 is 27.4 Å². The summed E-state index contributed by atoms with van der Waals surface area (Å²) in [4.78, 5) is 12.3. The molecule has 0 spiro atoms. The monoisotopic (exact) mass is 382 g/mol. The number of ether oxygens (including phenoxy) is 1. The molecule has 0 heterocycles. The van der Waals surface area contributed by atoms with E-state index in [-0.39, 0.29) is 22.8 Å². The summed E-state index contributed by atoms with van der Waals surface area (Å²) in [6.07, 6.45) is 0. The summed E-state index contributed by atoms with van der Waals surface area (Å²) in [5.41, 5.74) is 0.343. The lowest BCUT2D eigenvalue weighted by Gasteiger charge is -2.14. The first kappa shape index (κ1) is 19.8. The van der Waals surface area contributed by atoms with E-state index in [0.29, 0.717) is 5.69 Å². The summed E-state index contributed by atoms with van der Waals surface area (Å²) in [5, 5.41) is 11.6. The van der Waals surface area contributed by atoms with E-state index >= 15 is 0 Å². The number of carbonyl (C=O) groups excluding carboxylic acids is 1. The molecule has 1 atom stereocenters. The number of amides is 1. The van der Waals surface area contributed by atoms with Crippen LogP contribution in [0.4, 0.5) is 10.1 Å². The largest absolute Gasteiger partial charge is 0.496 e. The highest BCUT2D eigenvalue weighted by Crippen LogP contribution is 2.24. The van der Waals surface area contributed by atoms with Crippen LogP contribution in [0, 0.1) is 5.82 Å². The van der Waals surface area contributed by atoms with Crippen LogP contribution in [0.25, 0.3) is 0 Å². The Bertz CT molecular complexity index is 885. The number of methoxy groups -OCH3 is 1. The van der Waals surface area contributed by atoms with Gasteiger partial charge >= 0.3 is 0 Å². The van der Waals surface area contributed by atoms with Crippen molar-refractivity contribution >= 4 is 21.6 Å². The molecule has 9 heteroatoms. The number of aliphatic hydroxyl groups is 1. The van der Waals surface area contributed by atoms with Crippen molar-refractivity contribution in [2.24, 2.45) is 0 Å². The van der Waals surface area contributed by atoms with Gasteiger partial charge in [0.2, 0.25) is 10.0 Å². The van der Waals surface area contributed by atoms with Gasteiger partial charge in [-0.1, -0.05) is 0 Å². The molecule has 0 saturated heterocycles. The van der Waals surface area contributed by atoms with Crippen molar-refractivity contribution in [1.29, 1.82) is 0 Å². The molecule has 26 heavy (non-hydrogen) atoms. The van der Waals surface area contributed by atoms with Gasteiger partial charge in [-0.15, -0.1) is 0 Å². The number of aliphatic hydroxyl groups excluding tert-OH is 1. The molecule has 0 aliphatic rings. The Labute approximate surface area is 150 Å². The van der Waals surface area contributed by atoms with Crippen LogP contribution in [-0.4, -0.2) is 39.2 Å². The molecule has 2 aromatic carbocycles. The molecule has 2 rings (SSSR count). The van der Waals surface area contributed by atoms with Gasteiger partial charge in [0, 0.05) is 11.7 Å². The van der Waals surface area contributed by atoms with Gasteiger partial charge in [-0.05, 0) is 49.4 Å². The molecule has 140 valence electrons. The van der Waals surface area contributed by atoms with Crippen LogP contribution >= 0.6 is 0 Å². The molecule has 7 nitrogen and oxygen atoms in total. The number of hydrogen-bond donors (Lipinski definition) is 3. The van der Waals surface area contributed by atoms with Gasteiger partial charge < -0.3 is 15.2 Å². The first-order valence-corrected chi connectivity index (χ1v) is 9.13. The summed E-state index contributed by atoms with van der Waals surface area (Å²) < 4.78 is 45.0. The number of benzene rings is 2. The van der Waals surface area contributed by atoms with Crippen molar-refractivity contribution in [3.63, 3.8) is 0 Å². The fraction of sp³-hybridized carbons (Fsp3) is 0.235. The molecule has 0 aliphatic carbocycles. The average Bonchev–Trinajstić information content (AvgIpc) is 2.62. The molecule has 1 amide bonds. The van der Waals surface area contributed by atoms with E-state index in [1.807, 2.05) is 0 Å². The number of sulfonamides is 1. The topological polar surface area (TPSA) is 105 Å². The molecule has 3 N–H and O–H groups in total. The number of rotatable bonds is 7. The highest BCUT2D eigenvalue weighted by Gasteiger charge is 2.21. The quantitative estimate of drug-likeness (QED) is 0.677. The molecular formula is C17H19FN2O5S. The maximum Gasteiger partial charge on any atom is 0.259 e. The van der Waals surface area contributed by atoms with Crippen LogP contribution in [0.5, 0.6) is 5.75 Å². The molecule has 0 bridgehead atoms. The smallest absolute Gasteiger partial charge is 0.259 e. The second-order valence-electron chi connectivity index (χ2n) is 5.53. The third-order valence-corrected chi connectivity index (χ3v) is 5.05. The van der Waals surface area contributed by atoms with E-state index in [4.69, 9.17) is 9.84 Å². The molecule has 0 radical (unpaired) electrons. The van der Waals surface area contributed by atoms with Gasteiger partial charge in [-0.3, -0.25) is 4.79 Å². The zero-order chi connectivity index (χ0) is 19.3.